The van der Waals surface area contributed by atoms with Crippen LogP contribution in [0.3, 0.4) is 0 Å². The zero-order valence-electron chi connectivity index (χ0n) is 11.0. The number of aromatic nitrogens is 1. The molecule has 94 valence electrons. The fraction of sp³-hybridized carbons (Fsp3) is 0.118. The summed E-state index contributed by atoms with van der Waals surface area (Å²) in [6.45, 7) is 2.09. The van der Waals surface area contributed by atoms with Gasteiger partial charge in [-0.25, -0.2) is 4.68 Å². The van der Waals surface area contributed by atoms with Crippen LogP contribution in [0.5, 0.6) is 0 Å². The molecule has 19 heavy (non-hydrogen) atoms. The van der Waals surface area contributed by atoms with Crippen molar-refractivity contribution >= 4 is 17.1 Å². The van der Waals surface area contributed by atoms with E-state index in [1.54, 1.807) is 0 Å². The van der Waals surface area contributed by atoms with E-state index in [9.17, 15) is 0 Å². The summed E-state index contributed by atoms with van der Waals surface area (Å²) >= 11 is 0. The van der Waals surface area contributed by atoms with Crippen LogP contribution in [0.4, 0.5) is 0 Å². The molecule has 0 atom stereocenters. The molecular formula is C17H16N2. The maximum Gasteiger partial charge on any atom is 0.0724 e. The van der Waals surface area contributed by atoms with Gasteiger partial charge in [0.1, 0.15) is 0 Å². The van der Waals surface area contributed by atoms with Crippen LogP contribution < -0.4 is 0 Å². The van der Waals surface area contributed by atoms with Crippen LogP contribution in [-0.2, 0) is 0 Å². The molecule has 0 bridgehead atoms. The topological polar surface area (TPSA) is 17.3 Å². The van der Waals surface area contributed by atoms with Gasteiger partial charge in [-0.05, 0) is 18.1 Å². The van der Waals surface area contributed by atoms with Crippen molar-refractivity contribution in [3.63, 3.8) is 0 Å². The van der Waals surface area contributed by atoms with Crippen molar-refractivity contribution in [2.75, 3.05) is 0 Å². The van der Waals surface area contributed by atoms with Crippen LogP contribution in [0.15, 0.2) is 65.9 Å². The van der Waals surface area contributed by atoms with Crippen LogP contribution >= 0.6 is 0 Å². The van der Waals surface area contributed by atoms with E-state index >= 15 is 0 Å². The summed E-state index contributed by atoms with van der Waals surface area (Å²) in [6.07, 6.45) is 4.97. The smallest absolute Gasteiger partial charge is 0.0724 e. The largest absolute Gasteiger partial charge is 0.240 e. The minimum Gasteiger partial charge on any atom is -0.240 e. The second-order valence-corrected chi connectivity index (χ2v) is 4.48. The standard InChI is InChI=1S/C17H16N2/c1-2-12-18-19-13-16(14-8-4-3-5-9-14)15-10-6-7-11-17(15)19/h3-13H,2H2,1H3. The third-order valence-electron chi connectivity index (χ3n) is 3.17. The highest BCUT2D eigenvalue weighted by Crippen LogP contribution is 2.30. The molecule has 0 N–H and O–H groups in total. The fourth-order valence-electron chi connectivity index (χ4n) is 2.28. The normalized spacial score (nSPS) is 11.4. The number of nitrogens with zero attached hydrogens (tertiary/aromatic N) is 2. The van der Waals surface area contributed by atoms with Gasteiger partial charge in [0.25, 0.3) is 0 Å². The number of para-hydroxylation sites is 1. The van der Waals surface area contributed by atoms with Crippen molar-refractivity contribution in [1.29, 1.82) is 0 Å². The van der Waals surface area contributed by atoms with Gasteiger partial charge in [-0.2, -0.15) is 5.10 Å². The number of rotatable bonds is 3. The number of benzene rings is 2. The van der Waals surface area contributed by atoms with Gasteiger partial charge in [-0.15, -0.1) is 0 Å². The summed E-state index contributed by atoms with van der Waals surface area (Å²) in [5, 5.41) is 5.73. The van der Waals surface area contributed by atoms with E-state index in [4.69, 9.17) is 0 Å². The van der Waals surface area contributed by atoms with Crippen LogP contribution in [0, 0.1) is 0 Å². The van der Waals surface area contributed by atoms with E-state index in [2.05, 4.69) is 66.8 Å². The first kappa shape index (κ1) is 11.7. The number of fused-ring (bicyclic) bond motifs is 1. The Kier molecular flexibility index (Phi) is 3.15. The Balaban J connectivity index is 2.23. The van der Waals surface area contributed by atoms with Crippen LogP contribution in [0.2, 0.25) is 0 Å². The van der Waals surface area contributed by atoms with E-state index in [-0.39, 0.29) is 0 Å². The molecule has 2 aromatic carbocycles. The molecule has 0 spiro atoms. The molecule has 0 amide bonds. The Morgan fingerprint density at radius 1 is 1.00 bits per heavy atom. The fourth-order valence-corrected chi connectivity index (χ4v) is 2.28. The minimum absolute atomic E-state index is 0.938. The molecule has 3 rings (SSSR count). The van der Waals surface area contributed by atoms with Crippen molar-refractivity contribution in [3.05, 3.63) is 60.8 Å². The SMILES string of the molecule is CCC=Nn1cc(-c2ccccc2)c2ccccc21. The highest BCUT2D eigenvalue weighted by molar-refractivity contribution is 5.96. The number of hydrogen-bond donors (Lipinski definition) is 0. The van der Waals surface area contributed by atoms with Crippen molar-refractivity contribution < 1.29 is 0 Å². The predicted molar refractivity (Wildman–Crippen MR) is 81.6 cm³/mol. The highest BCUT2D eigenvalue weighted by Gasteiger charge is 2.08. The molecule has 0 aliphatic carbocycles. The molecule has 1 heterocycles. The molecule has 0 aliphatic rings. The van der Waals surface area contributed by atoms with Crippen molar-refractivity contribution in [3.8, 4) is 11.1 Å². The Hall–Kier alpha value is -2.35. The second kappa shape index (κ2) is 5.11. The Morgan fingerprint density at radius 2 is 1.74 bits per heavy atom. The zero-order valence-corrected chi connectivity index (χ0v) is 11.0. The van der Waals surface area contributed by atoms with E-state index in [1.165, 1.54) is 16.5 Å². The first-order valence-electron chi connectivity index (χ1n) is 6.58. The van der Waals surface area contributed by atoms with Gasteiger partial charge in [-0.3, -0.25) is 0 Å². The number of hydrogen-bond acceptors (Lipinski definition) is 1. The van der Waals surface area contributed by atoms with Crippen molar-refractivity contribution in [2.45, 2.75) is 13.3 Å². The average molecular weight is 248 g/mol. The molecule has 0 fully saturated rings. The molecule has 0 saturated carbocycles. The van der Waals surface area contributed by atoms with Gasteiger partial charge < -0.3 is 0 Å². The monoisotopic (exact) mass is 248 g/mol. The average Bonchev–Trinajstić information content (AvgIpc) is 2.85. The first-order valence-corrected chi connectivity index (χ1v) is 6.58. The second-order valence-electron chi connectivity index (χ2n) is 4.48. The molecule has 2 heteroatoms. The van der Waals surface area contributed by atoms with E-state index in [1.807, 2.05) is 17.0 Å². The molecular weight excluding hydrogens is 232 g/mol. The van der Waals surface area contributed by atoms with Crippen molar-refractivity contribution in [2.24, 2.45) is 5.10 Å². The lowest BCUT2D eigenvalue weighted by molar-refractivity contribution is 0.926. The molecule has 3 aromatic rings. The third-order valence-corrected chi connectivity index (χ3v) is 3.17. The molecule has 0 radical (unpaired) electrons. The molecule has 1 aromatic heterocycles. The summed E-state index contributed by atoms with van der Waals surface area (Å²) in [7, 11) is 0. The van der Waals surface area contributed by atoms with Gasteiger partial charge in [0.15, 0.2) is 0 Å². The summed E-state index contributed by atoms with van der Waals surface area (Å²) < 4.78 is 1.96. The van der Waals surface area contributed by atoms with Gasteiger partial charge in [0.05, 0.1) is 5.52 Å². The van der Waals surface area contributed by atoms with Gasteiger partial charge >= 0.3 is 0 Å². The van der Waals surface area contributed by atoms with E-state index in [0.717, 1.165) is 11.9 Å². The Labute approximate surface area is 113 Å². The van der Waals surface area contributed by atoms with Crippen LogP contribution in [0.1, 0.15) is 13.3 Å². The summed E-state index contributed by atoms with van der Waals surface area (Å²) in [4.78, 5) is 0. The molecule has 0 unspecified atom stereocenters. The molecule has 2 nitrogen and oxygen atoms in total. The maximum atomic E-state index is 4.49. The van der Waals surface area contributed by atoms with Gasteiger partial charge in [-0.1, -0.05) is 55.5 Å². The van der Waals surface area contributed by atoms with Gasteiger partial charge in [0, 0.05) is 23.4 Å². The summed E-state index contributed by atoms with van der Waals surface area (Å²) in [5.74, 6) is 0. The third kappa shape index (κ3) is 2.17. The Bertz CT molecular complexity index is 708. The lowest BCUT2D eigenvalue weighted by Crippen LogP contribution is -1.85. The van der Waals surface area contributed by atoms with Crippen LogP contribution in [0.25, 0.3) is 22.0 Å². The van der Waals surface area contributed by atoms with E-state index in [0.29, 0.717) is 0 Å². The lowest BCUT2D eigenvalue weighted by Gasteiger charge is -1.97. The predicted octanol–water partition coefficient (Wildman–Crippen LogP) is 4.55. The highest BCUT2D eigenvalue weighted by atomic mass is 15.3. The Morgan fingerprint density at radius 3 is 2.53 bits per heavy atom. The minimum atomic E-state index is 0.938. The molecule has 0 saturated heterocycles. The summed E-state index contributed by atoms with van der Waals surface area (Å²) in [6, 6.07) is 18.8. The zero-order chi connectivity index (χ0) is 13.1. The molecule has 0 aliphatic heterocycles. The van der Waals surface area contributed by atoms with Gasteiger partial charge in [0.2, 0.25) is 0 Å². The first-order chi connectivity index (χ1) is 9.40. The summed E-state index contributed by atoms with van der Waals surface area (Å²) in [5.41, 5.74) is 3.60. The van der Waals surface area contributed by atoms with Crippen molar-refractivity contribution in [1.82, 2.24) is 4.68 Å². The maximum absolute atomic E-state index is 4.49. The van der Waals surface area contributed by atoms with E-state index < -0.39 is 0 Å². The quantitative estimate of drug-likeness (QED) is 0.605. The van der Waals surface area contributed by atoms with Crippen LogP contribution in [-0.4, -0.2) is 10.9 Å². The lowest BCUT2D eigenvalue weighted by atomic mass is 10.1.